The molecule has 3 unspecified atom stereocenters. The highest BCUT2D eigenvalue weighted by molar-refractivity contribution is 5.35. The first-order valence-electron chi connectivity index (χ1n) is 9.71. The number of rotatable bonds is 3. The van der Waals surface area contributed by atoms with Gasteiger partial charge in [-0.1, -0.05) is 24.3 Å². The van der Waals surface area contributed by atoms with Crippen molar-refractivity contribution in [1.82, 2.24) is 9.80 Å². The molecule has 2 bridgehead atoms. The number of hydrogen-bond acceptors (Lipinski definition) is 2. The van der Waals surface area contributed by atoms with Crippen LogP contribution in [0, 0.1) is 0 Å². The zero-order valence-electron chi connectivity index (χ0n) is 15.0. The van der Waals surface area contributed by atoms with Crippen molar-refractivity contribution in [2.75, 3.05) is 13.6 Å². The molecule has 126 valence electrons. The van der Waals surface area contributed by atoms with Crippen molar-refractivity contribution >= 4 is 0 Å². The SMILES string of the molecule is CC(C)N1CCCC1c1ccccc1C1CC2CCC(C1)N2C. The molecule has 0 saturated carbocycles. The van der Waals surface area contributed by atoms with E-state index in [-0.39, 0.29) is 0 Å². The second-order valence-electron chi connectivity index (χ2n) is 8.34. The highest BCUT2D eigenvalue weighted by atomic mass is 15.2. The molecule has 1 aromatic rings. The van der Waals surface area contributed by atoms with Crippen LogP contribution in [-0.2, 0) is 0 Å². The summed E-state index contributed by atoms with van der Waals surface area (Å²) in [5.74, 6) is 0.787. The highest BCUT2D eigenvalue weighted by Gasteiger charge is 2.40. The third-order valence-corrected chi connectivity index (χ3v) is 6.85. The van der Waals surface area contributed by atoms with Crippen molar-refractivity contribution in [3.8, 4) is 0 Å². The smallest absolute Gasteiger partial charge is 0.0354 e. The quantitative estimate of drug-likeness (QED) is 0.806. The Morgan fingerprint density at radius 2 is 1.61 bits per heavy atom. The van der Waals surface area contributed by atoms with Crippen LogP contribution in [0.1, 0.15) is 75.5 Å². The van der Waals surface area contributed by atoms with E-state index in [0.717, 1.165) is 18.0 Å². The zero-order chi connectivity index (χ0) is 16.0. The highest BCUT2D eigenvalue weighted by Crippen LogP contribution is 2.45. The van der Waals surface area contributed by atoms with Gasteiger partial charge in [0.05, 0.1) is 0 Å². The molecule has 0 radical (unpaired) electrons. The number of benzene rings is 1. The third kappa shape index (κ3) is 2.74. The van der Waals surface area contributed by atoms with Crippen molar-refractivity contribution in [3.63, 3.8) is 0 Å². The molecule has 0 N–H and O–H groups in total. The maximum Gasteiger partial charge on any atom is 0.0354 e. The third-order valence-electron chi connectivity index (χ3n) is 6.85. The van der Waals surface area contributed by atoms with E-state index in [2.05, 4.69) is 55.0 Å². The van der Waals surface area contributed by atoms with Crippen molar-refractivity contribution in [3.05, 3.63) is 35.4 Å². The first-order chi connectivity index (χ1) is 11.1. The first kappa shape index (κ1) is 15.7. The van der Waals surface area contributed by atoms with Gasteiger partial charge < -0.3 is 4.90 Å². The van der Waals surface area contributed by atoms with Crippen molar-refractivity contribution < 1.29 is 0 Å². The standard InChI is InChI=1S/C21H32N2/c1-15(2)23-12-6-9-21(23)20-8-5-4-7-19(20)16-13-17-10-11-18(14-16)22(17)3/h4-5,7-8,15-18,21H,6,9-14H2,1-3H3. The molecule has 2 nitrogen and oxygen atoms in total. The number of fused-ring (bicyclic) bond motifs is 2. The molecule has 4 rings (SSSR count). The van der Waals surface area contributed by atoms with E-state index >= 15 is 0 Å². The Hall–Kier alpha value is -0.860. The Labute approximate surface area is 141 Å². The van der Waals surface area contributed by atoms with Crippen LogP contribution in [0.4, 0.5) is 0 Å². The lowest BCUT2D eigenvalue weighted by molar-refractivity contribution is 0.159. The van der Waals surface area contributed by atoms with Crippen LogP contribution < -0.4 is 0 Å². The summed E-state index contributed by atoms with van der Waals surface area (Å²) in [6.07, 6.45) is 8.28. The summed E-state index contributed by atoms with van der Waals surface area (Å²) in [7, 11) is 2.35. The first-order valence-corrected chi connectivity index (χ1v) is 9.71. The molecular weight excluding hydrogens is 280 g/mol. The maximum absolute atomic E-state index is 2.72. The molecule has 2 heteroatoms. The fourth-order valence-corrected chi connectivity index (χ4v) is 5.59. The van der Waals surface area contributed by atoms with Crippen LogP contribution in [0.15, 0.2) is 24.3 Å². The second kappa shape index (κ2) is 6.22. The minimum atomic E-state index is 0.656. The Balaban J connectivity index is 1.63. The van der Waals surface area contributed by atoms with Gasteiger partial charge in [0, 0.05) is 24.2 Å². The van der Waals surface area contributed by atoms with Gasteiger partial charge in [-0.2, -0.15) is 0 Å². The molecule has 0 amide bonds. The van der Waals surface area contributed by atoms with E-state index < -0.39 is 0 Å². The zero-order valence-corrected chi connectivity index (χ0v) is 15.0. The van der Waals surface area contributed by atoms with Crippen molar-refractivity contribution in [1.29, 1.82) is 0 Å². The molecule has 0 aromatic heterocycles. The Morgan fingerprint density at radius 1 is 0.957 bits per heavy atom. The molecule has 0 aliphatic carbocycles. The summed E-state index contributed by atoms with van der Waals surface area (Å²) in [4.78, 5) is 5.39. The van der Waals surface area contributed by atoms with E-state index in [4.69, 9.17) is 0 Å². The van der Waals surface area contributed by atoms with Gasteiger partial charge in [-0.3, -0.25) is 4.90 Å². The summed E-state index contributed by atoms with van der Waals surface area (Å²) >= 11 is 0. The van der Waals surface area contributed by atoms with E-state index in [1.807, 2.05) is 0 Å². The summed E-state index contributed by atoms with van der Waals surface area (Å²) in [5.41, 5.74) is 3.32. The van der Waals surface area contributed by atoms with Crippen LogP contribution in [0.2, 0.25) is 0 Å². The molecular formula is C21H32N2. The topological polar surface area (TPSA) is 6.48 Å². The predicted molar refractivity (Wildman–Crippen MR) is 96.8 cm³/mol. The number of likely N-dealkylation sites (tertiary alicyclic amines) is 1. The number of nitrogens with zero attached hydrogens (tertiary/aromatic N) is 2. The Kier molecular flexibility index (Phi) is 4.23. The summed E-state index contributed by atoms with van der Waals surface area (Å²) in [6, 6.07) is 12.4. The van der Waals surface area contributed by atoms with Crippen molar-refractivity contribution in [2.24, 2.45) is 0 Å². The van der Waals surface area contributed by atoms with Crippen LogP contribution >= 0.6 is 0 Å². The van der Waals surface area contributed by atoms with Gasteiger partial charge in [0.15, 0.2) is 0 Å². The van der Waals surface area contributed by atoms with E-state index in [1.54, 1.807) is 11.1 Å². The Morgan fingerprint density at radius 3 is 2.26 bits per heavy atom. The molecule has 3 atom stereocenters. The minimum absolute atomic E-state index is 0.656. The lowest BCUT2D eigenvalue weighted by atomic mass is 9.81. The molecule has 3 fully saturated rings. The molecule has 23 heavy (non-hydrogen) atoms. The van der Waals surface area contributed by atoms with Gasteiger partial charge >= 0.3 is 0 Å². The summed E-state index contributed by atoms with van der Waals surface area (Å²) in [5, 5.41) is 0. The lowest BCUT2D eigenvalue weighted by Crippen LogP contribution is -2.39. The summed E-state index contributed by atoms with van der Waals surface area (Å²) in [6.45, 7) is 5.99. The average Bonchev–Trinajstić information content (AvgIpc) is 3.09. The van der Waals surface area contributed by atoms with Gasteiger partial charge in [-0.15, -0.1) is 0 Å². The van der Waals surface area contributed by atoms with Crippen LogP contribution in [0.3, 0.4) is 0 Å². The summed E-state index contributed by atoms with van der Waals surface area (Å²) < 4.78 is 0. The molecule has 3 aliphatic rings. The second-order valence-corrected chi connectivity index (χ2v) is 8.34. The van der Waals surface area contributed by atoms with Gasteiger partial charge in [0.2, 0.25) is 0 Å². The molecule has 3 saturated heterocycles. The van der Waals surface area contributed by atoms with E-state index in [0.29, 0.717) is 12.1 Å². The monoisotopic (exact) mass is 312 g/mol. The van der Waals surface area contributed by atoms with Gasteiger partial charge in [0.25, 0.3) is 0 Å². The van der Waals surface area contributed by atoms with Gasteiger partial charge in [-0.25, -0.2) is 0 Å². The van der Waals surface area contributed by atoms with Crippen LogP contribution in [0.25, 0.3) is 0 Å². The largest absolute Gasteiger partial charge is 0.300 e. The molecule has 0 spiro atoms. The minimum Gasteiger partial charge on any atom is -0.300 e. The van der Waals surface area contributed by atoms with Crippen molar-refractivity contribution in [2.45, 2.75) is 82.5 Å². The van der Waals surface area contributed by atoms with Gasteiger partial charge in [-0.05, 0) is 83.0 Å². The maximum atomic E-state index is 2.72. The average molecular weight is 313 g/mol. The molecule has 3 aliphatic heterocycles. The van der Waals surface area contributed by atoms with Crippen LogP contribution in [-0.4, -0.2) is 41.5 Å². The normalized spacial score (nSPS) is 35.3. The number of hydrogen-bond donors (Lipinski definition) is 0. The number of piperidine rings is 1. The fourth-order valence-electron chi connectivity index (χ4n) is 5.59. The van der Waals surface area contributed by atoms with E-state index in [1.165, 1.54) is 45.1 Å². The van der Waals surface area contributed by atoms with Crippen LogP contribution in [0.5, 0.6) is 0 Å². The predicted octanol–water partition coefficient (Wildman–Crippen LogP) is 4.57. The molecule has 3 heterocycles. The molecule has 1 aromatic carbocycles. The Bertz CT molecular complexity index is 539. The lowest BCUT2D eigenvalue weighted by Gasteiger charge is -2.38. The van der Waals surface area contributed by atoms with E-state index in [9.17, 15) is 0 Å². The van der Waals surface area contributed by atoms with Gasteiger partial charge in [0.1, 0.15) is 0 Å². The fraction of sp³-hybridized carbons (Fsp3) is 0.714.